The third-order valence-electron chi connectivity index (χ3n) is 8.75. The molecule has 0 bridgehead atoms. The molecule has 4 rings (SSSR count). The first kappa shape index (κ1) is 33.6. The topological polar surface area (TPSA) is 52.9 Å². The van der Waals surface area contributed by atoms with Crippen LogP contribution >= 0.6 is 0 Å². The molecule has 1 amide bonds. The number of benzene rings is 2. The number of hydrogen-bond donors (Lipinski definition) is 0. The van der Waals surface area contributed by atoms with Crippen molar-refractivity contribution in [3.8, 4) is 5.75 Å². The minimum absolute atomic E-state index is 0.0168. The molecule has 1 saturated carbocycles. The number of fused-ring (bicyclic) bond motifs is 3. The molecule has 1 aliphatic carbocycles. The Hall–Kier alpha value is -2.30. The summed E-state index contributed by atoms with van der Waals surface area (Å²) >= 11 is 0. The number of hydrogen-bond acceptors (Lipinski definition) is 4. The van der Waals surface area contributed by atoms with Gasteiger partial charge in [0.1, 0.15) is 18.5 Å². The second-order valence-corrected chi connectivity index (χ2v) is 24.6. The second kappa shape index (κ2) is 13.4. The van der Waals surface area contributed by atoms with Gasteiger partial charge in [-0.2, -0.15) is 0 Å². The number of rotatable bonds is 11. The molecule has 6 nitrogen and oxygen atoms in total. The molecule has 1 heterocycles. The molecule has 0 spiro atoms. The van der Waals surface area contributed by atoms with E-state index in [9.17, 15) is 4.79 Å². The fourth-order valence-electron chi connectivity index (χ4n) is 6.80. The monoisotopic (exact) mass is 624 g/mol. The van der Waals surface area contributed by atoms with Gasteiger partial charge >= 0.3 is 6.09 Å². The van der Waals surface area contributed by atoms with Gasteiger partial charge in [-0.3, -0.25) is 0 Å². The maximum Gasteiger partial charge on any atom is 0.410 e. The van der Waals surface area contributed by atoms with Gasteiger partial charge in [0.2, 0.25) is 0 Å². The standard InChI is InChI=1S/C35H56N2O4Si2/c1-24(2)28-20-19-26(5)21-33(28)40-35(38)36(25(3)4)22-27(41-43(9,10)11)23-39-32-18-14-17-31-34(32)29-15-12-13-16-30(29)37(31)42(6,7)8/h12-18,24-28,33H,19-23H2,1-11H3/t26-,27?,28+,33-/m1/s1. The van der Waals surface area contributed by atoms with Gasteiger partial charge in [-0.15, -0.1) is 0 Å². The van der Waals surface area contributed by atoms with E-state index in [2.05, 4.69) is 121 Å². The maximum atomic E-state index is 13.7. The molecule has 2 aromatic carbocycles. The lowest BCUT2D eigenvalue weighted by molar-refractivity contribution is -0.0208. The Kier molecular flexibility index (Phi) is 10.4. The Bertz CT molecular complexity index is 1390. The summed E-state index contributed by atoms with van der Waals surface area (Å²) in [6, 6.07) is 15.0. The van der Waals surface area contributed by atoms with Crippen molar-refractivity contribution >= 4 is 44.5 Å². The predicted molar refractivity (Wildman–Crippen MR) is 185 cm³/mol. The molecule has 0 N–H and O–H groups in total. The number of nitrogens with zero attached hydrogens (tertiary/aromatic N) is 2. The first-order chi connectivity index (χ1) is 20.1. The van der Waals surface area contributed by atoms with E-state index in [1.807, 2.05) is 4.90 Å². The highest BCUT2D eigenvalue weighted by Crippen LogP contribution is 2.38. The van der Waals surface area contributed by atoms with Crippen LogP contribution in [-0.4, -0.2) is 63.2 Å². The smallest absolute Gasteiger partial charge is 0.410 e. The lowest BCUT2D eigenvalue weighted by atomic mass is 9.75. The minimum atomic E-state index is -1.95. The molecule has 238 valence electrons. The van der Waals surface area contributed by atoms with Crippen LogP contribution in [0.5, 0.6) is 5.75 Å². The highest BCUT2D eigenvalue weighted by molar-refractivity contribution is 6.76. The van der Waals surface area contributed by atoms with Gasteiger partial charge in [-0.25, -0.2) is 4.79 Å². The normalized spacial score (nSPS) is 20.6. The fraction of sp³-hybridized carbons (Fsp3) is 0.629. The van der Waals surface area contributed by atoms with Crippen molar-refractivity contribution in [2.45, 2.75) is 111 Å². The lowest BCUT2D eigenvalue weighted by Crippen LogP contribution is -2.49. The van der Waals surface area contributed by atoms with Crippen LogP contribution in [-0.2, 0) is 9.16 Å². The van der Waals surface area contributed by atoms with Crippen LogP contribution in [0.3, 0.4) is 0 Å². The molecule has 0 radical (unpaired) electrons. The Morgan fingerprint density at radius 2 is 1.63 bits per heavy atom. The zero-order valence-electron chi connectivity index (χ0n) is 28.6. The molecule has 0 aliphatic heterocycles. The third kappa shape index (κ3) is 8.06. The maximum absolute atomic E-state index is 13.7. The van der Waals surface area contributed by atoms with Crippen molar-refractivity contribution in [2.75, 3.05) is 13.2 Å². The number of amides is 1. The summed E-state index contributed by atoms with van der Waals surface area (Å²) in [4.78, 5) is 15.6. The van der Waals surface area contributed by atoms with Crippen LogP contribution in [0.1, 0.15) is 53.9 Å². The van der Waals surface area contributed by atoms with E-state index in [-0.39, 0.29) is 24.3 Å². The molecular formula is C35H56N2O4Si2. The van der Waals surface area contributed by atoms with Gasteiger partial charge in [0, 0.05) is 27.8 Å². The van der Waals surface area contributed by atoms with Gasteiger partial charge in [0.05, 0.1) is 12.6 Å². The second-order valence-electron chi connectivity index (χ2n) is 15.3. The summed E-state index contributed by atoms with van der Waals surface area (Å²) in [7, 11) is -3.66. The Morgan fingerprint density at radius 1 is 0.953 bits per heavy atom. The SMILES string of the molecule is CC(C)[C@@H]1CC[C@@H](C)C[C@H]1OC(=O)N(CC(COc1cccc2c1c1ccccc1n2[Si](C)(C)C)O[Si](C)(C)C)C(C)C. The van der Waals surface area contributed by atoms with Crippen molar-refractivity contribution < 1.29 is 18.7 Å². The van der Waals surface area contributed by atoms with Gasteiger partial charge in [-0.05, 0) is 82.3 Å². The van der Waals surface area contributed by atoms with Gasteiger partial charge in [0.25, 0.3) is 0 Å². The largest absolute Gasteiger partial charge is 0.490 e. The van der Waals surface area contributed by atoms with Gasteiger partial charge in [-0.1, -0.05) is 71.1 Å². The Morgan fingerprint density at radius 3 is 2.26 bits per heavy atom. The van der Waals surface area contributed by atoms with Crippen LogP contribution in [0.2, 0.25) is 39.3 Å². The number of aromatic nitrogens is 1. The molecule has 43 heavy (non-hydrogen) atoms. The number of para-hydroxylation sites is 1. The molecular weight excluding hydrogens is 569 g/mol. The molecule has 0 saturated heterocycles. The van der Waals surface area contributed by atoms with Gasteiger partial charge in [0.15, 0.2) is 16.6 Å². The van der Waals surface area contributed by atoms with E-state index in [0.717, 1.165) is 24.0 Å². The van der Waals surface area contributed by atoms with Crippen LogP contribution in [0.4, 0.5) is 4.79 Å². The quantitative estimate of drug-likeness (QED) is 0.200. The summed E-state index contributed by atoms with van der Waals surface area (Å²) in [6.07, 6.45) is 2.72. The molecule has 3 aromatic rings. The lowest BCUT2D eigenvalue weighted by Gasteiger charge is -2.39. The van der Waals surface area contributed by atoms with Crippen molar-refractivity contribution in [3.63, 3.8) is 0 Å². The van der Waals surface area contributed by atoms with E-state index >= 15 is 0 Å². The highest BCUT2D eigenvalue weighted by Gasteiger charge is 2.36. The van der Waals surface area contributed by atoms with Crippen LogP contribution < -0.4 is 4.74 Å². The van der Waals surface area contributed by atoms with Crippen LogP contribution in [0.15, 0.2) is 42.5 Å². The van der Waals surface area contributed by atoms with Crippen LogP contribution in [0, 0.1) is 17.8 Å². The molecule has 1 unspecified atom stereocenters. The third-order valence-corrected chi connectivity index (χ3v) is 11.6. The van der Waals surface area contributed by atoms with Crippen LogP contribution in [0.25, 0.3) is 21.8 Å². The molecule has 8 heteroatoms. The van der Waals surface area contributed by atoms with Gasteiger partial charge < -0.3 is 23.0 Å². The summed E-state index contributed by atoms with van der Waals surface area (Å²) in [5.74, 6) is 2.34. The zero-order chi connectivity index (χ0) is 31.7. The van der Waals surface area contributed by atoms with Crippen molar-refractivity contribution in [1.82, 2.24) is 9.13 Å². The van der Waals surface area contributed by atoms with Crippen molar-refractivity contribution in [3.05, 3.63) is 42.5 Å². The molecule has 1 aliphatic rings. The highest BCUT2D eigenvalue weighted by atomic mass is 28.4. The van der Waals surface area contributed by atoms with Crippen molar-refractivity contribution in [1.29, 1.82) is 0 Å². The molecule has 4 atom stereocenters. The molecule has 1 aromatic heterocycles. The van der Waals surface area contributed by atoms with E-state index in [1.165, 1.54) is 22.8 Å². The van der Waals surface area contributed by atoms with E-state index in [0.29, 0.717) is 30.9 Å². The summed E-state index contributed by atoms with van der Waals surface area (Å²) in [5, 5.41) is 2.37. The number of ether oxygens (including phenoxy) is 2. The average molecular weight is 625 g/mol. The molecule has 1 fully saturated rings. The number of carbonyl (C=O) groups is 1. The summed E-state index contributed by atoms with van der Waals surface area (Å²) in [6.45, 7) is 25.4. The Balaban J connectivity index is 1.59. The van der Waals surface area contributed by atoms with E-state index < -0.39 is 16.6 Å². The average Bonchev–Trinajstić information content (AvgIpc) is 3.24. The Labute approximate surface area is 262 Å². The summed E-state index contributed by atoms with van der Waals surface area (Å²) in [5.41, 5.74) is 2.47. The van der Waals surface area contributed by atoms with E-state index in [4.69, 9.17) is 13.9 Å². The summed E-state index contributed by atoms with van der Waals surface area (Å²) < 4.78 is 22.2. The van der Waals surface area contributed by atoms with E-state index in [1.54, 1.807) is 0 Å². The zero-order valence-corrected chi connectivity index (χ0v) is 30.6. The first-order valence-electron chi connectivity index (χ1n) is 16.4. The predicted octanol–water partition coefficient (Wildman–Crippen LogP) is 9.38. The van der Waals surface area contributed by atoms with Crippen molar-refractivity contribution in [2.24, 2.45) is 17.8 Å². The first-order valence-corrected chi connectivity index (χ1v) is 23.2. The fourth-order valence-corrected chi connectivity index (χ4v) is 9.77. The minimum Gasteiger partial charge on any atom is -0.490 e. The number of carbonyl (C=O) groups excluding carboxylic acids is 1.